The molecule has 0 radical (unpaired) electrons. The normalized spacial score (nSPS) is 10.6. The van der Waals surface area contributed by atoms with Crippen molar-refractivity contribution in [2.75, 3.05) is 0 Å². The Balaban J connectivity index is 2.18. The molecule has 15 heavy (non-hydrogen) atoms. The zero-order valence-corrected chi connectivity index (χ0v) is 11.4. The first-order valence-electron chi connectivity index (χ1n) is 4.16. The summed E-state index contributed by atoms with van der Waals surface area (Å²) in [6.45, 7) is 0.626. The van der Waals surface area contributed by atoms with Gasteiger partial charge in [-0.2, -0.15) is 4.80 Å². The highest BCUT2D eigenvalue weighted by Crippen LogP contribution is 2.17. The van der Waals surface area contributed by atoms with E-state index < -0.39 is 0 Å². The summed E-state index contributed by atoms with van der Waals surface area (Å²) in [5.74, 6) is 0. The van der Waals surface area contributed by atoms with Crippen LogP contribution in [0.4, 0.5) is 0 Å². The fourth-order valence-corrected chi connectivity index (χ4v) is 1.78. The van der Waals surface area contributed by atoms with Crippen molar-refractivity contribution in [1.82, 2.24) is 15.0 Å². The minimum atomic E-state index is 0.626. The van der Waals surface area contributed by atoms with Crippen LogP contribution in [0.2, 0.25) is 5.02 Å². The van der Waals surface area contributed by atoms with Crippen LogP contribution in [0.15, 0.2) is 33.5 Å². The van der Waals surface area contributed by atoms with Crippen molar-refractivity contribution in [3.8, 4) is 0 Å². The zero-order chi connectivity index (χ0) is 10.8. The second-order valence-electron chi connectivity index (χ2n) is 2.94. The number of hydrogen-bond donors (Lipinski definition) is 0. The number of rotatable bonds is 2. The van der Waals surface area contributed by atoms with Gasteiger partial charge in [0.05, 0.1) is 6.54 Å². The van der Waals surface area contributed by atoms with Gasteiger partial charge in [0.1, 0.15) is 0 Å². The largest absolute Gasteiger partial charge is 0.178 e. The van der Waals surface area contributed by atoms with Crippen molar-refractivity contribution in [2.24, 2.45) is 0 Å². The number of benzene rings is 1. The molecule has 0 saturated heterocycles. The molecular weight excluding hydrogens is 345 g/mol. The van der Waals surface area contributed by atoms with Crippen molar-refractivity contribution in [3.05, 3.63) is 44.1 Å². The van der Waals surface area contributed by atoms with Crippen molar-refractivity contribution in [3.63, 3.8) is 0 Å². The molecule has 2 aromatic rings. The molecule has 0 atom stereocenters. The SMILES string of the molecule is Clc1ccc(Cn2nc(Br)c(Br)n2)cc1. The van der Waals surface area contributed by atoms with E-state index in [1.165, 1.54) is 0 Å². The summed E-state index contributed by atoms with van der Waals surface area (Å²) in [7, 11) is 0. The molecule has 0 aliphatic rings. The minimum Gasteiger partial charge on any atom is -0.178 e. The Morgan fingerprint density at radius 1 is 1.07 bits per heavy atom. The van der Waals surface area contributed by atoms with E-state index in [0.717, 1.165) is 10.6 Å². The molecule has 0 N–H and O–H groups in total. The van der Waals surface area contributed by atoms with Gasteiger partial charge in [0.25, 0.3) is 0 Å². The van der Waals surface area contributed by atoms with Crippen molar-refractivity contribution < 1.29 is 0 Å². The smallest absolute Gasteiger partial charge is 0.162 e. The summed E-state index contributed by atoms with van der Waals surface area (Å²) < 4.78 is 1.41. The highest BCUT2D eigenvalue weighted by molar-refractivity contribution is 9.13. The molecule has 6 heteroatoms. The van der Waals surface area contributed by atoms with Crippen molar-refractivity contribution >= 4 is 43.5 Å². The third kappa shape index (κ3) is 2.80. The Hall–Kier alpha value is -0.390. The Morgan fingerprint density at radius 2 is 1.60 bits per heavy atom. The summed E-state index contributed by atoms with van der Waals surface area (Å²) in [6, 6.07) is 7.61. The summed E-state index contributed by atoms with van der Waals surface area (Å²) in [5.41, 5.74) is 1.11. The molecule has 1 aromatic carbocycles. The molecular formula is C9H6Br2ClN3. The van der Waals surface area contributed by atoms with Crippen LogP contribution in [0.1, 0.15) is 5.56 Å². The van der Waals surface area contributed by atoms with Crippen molar-refractivity contribution in [2.45, 2.75) is 6.54 Å². The van der Waals surface area contributed by atoms with Crippen LogP contribution in [0.3, 0.4) is 0 Å². The van der Waals surface area contributed by atoms with Crippen molar-refractivity contribution in [1.29, 1.82) is 0 Å². The topological polar surface area (TPSA) is 30.7 Å². The van der Waals surface area contributed by atoms with Crippen LogP contribution in [0, 0.1) is 0 Å². The van der Waals surface area contributed by atoms with E-state index in [1.807, 2.05) is 24.3 Å². The van der Waals surface area contributed by atoms with Gasteiger partial charge >= 0.3 is 0 Å². The van der Waals surface area contributed by atoms with Gasteiger partial charge in [-0.15, -0.1) is 10.2 Å². The van der Waals surface area contributed by atoms with Crippen LogP contribution < -0.4 is 0 Å². The number of aromatic nitrogens is 3. The van der Waals surface area contributed by atoms with Gasteiger partial charge in [0.15, 0.2) is 9.21 Å². The van der Waals surface area contributed by atoms with Crippen LogP contribution >= 0.6 is 43.5 Å². The summed E-state index contributed by atoms with van der Waals surface area (Å²) in [6.07, 6.45) is 0. The molecule has 0 aliphatic carbocycles. The second kappa shape index (κ2) is 4.63. The molecule has 1 aromatic heterocycles. The lowest BCUT2D eigenvalue weighted by Gasteiger charge is -1.99. The number of hydrogen-bond acceptors (Lipinski definition) is 2. The predicted molar refractivity (Wildman–Crippen MR) is 66.0 cm³/mol. The zero-order valence-electron chi connectivity index (χ0n) is 7.49. The van der Waals surface area contributed by atoms with Gasteiger partial charge in [0, 0.05) is 5.02 Å². The van der Waals surface area contributed by atoms with Crippen LogP contribution in [-0.4, -0.2) is 15.0 Å². The summed E-state index contributed by atoms with van der Waals surface area (Å²) in [4.78, 5) is 1.61. The lowest BCUT2D eigenvalue weighted by atomic mass is 10.2. The van der Waals surface area contributed by atoms with E-state index in [2.05, 4.69) is 42.1 Å². The van der Waals surface area contributed by atoms with Crippen LogP contribution in [0.25, 0.3) is 0 Å². The molecule has 78 valence electrons. The standard InChI is InChI=1S/C9H6Br2ClN3/c10-8-9(11)14-15(13-8)5-6-1-3-7(12)4-2-6/h1-4H,5H2. The minimum absolute atomic E-state index is 0.626. The van der Waals surface area contributed by atoms with Crippen LogP contribution in [0.5, 0.6) is 0 Å². The first kappa shape index (κ1) is 11.1. The number of halogens is 3. The van der Waals surface area contributed by atoms with Gasteiger partial charge in [0.2, 0.25) is 0 Å². The fraction of sp³-hybridized carbons (Fsp3) is 0.111. The van der Waals surface area contributed by atoms with Gasteiger partial charge in [-0.25, -0.2) is 0 Å². The summed E-state index contributed by atoms with van der Waals surface area (Å²) in [5, 5.41) is 9.07. The highest BCUT2D eigenvalue weighted by atomic mass is 79.9. The lowest BCUT2D eigenvalue weighted by Crippen LogP contribution is -2.03. The molecule has 0 unspecified atom stereocenters. The highest BCUT2D eigenvalue weighted by Gasteiger charge is 2.04. The lowest BCUT2D eigenvalue weighted by molar-refractivity contribution is 0.586. The Kier molecular flexibility index (Phi) is 3.43. The molecule has 0 bridgehead atoms. The predicted octanol–water partition coefficient (Wildman–Crippen LogP) is 3.50. The molecule has 3 nitrogen and oxygen atoms in total. The van der Waals surface area contributed by atoms with E-state index in [9.17, 15) is 0 Å². The molecule has 2 rings (SSSR count). The Labute approximate surface area is 109 Å². The molecule has 0 fully saturated rings. The first-order valence-corrected chi connectivity index (χ1v) is 6.12. The van der Waals surface area contributed by atoms with Gasteiger partial charge < -0.3 is 0 Å². The van der Waals surface area contributed by atoms with Gasteiger partial charge in [-0.1, -0.05) is 23.7 Å². The molecule has 0 aliphatic heterocycles. The first-order chi connectivity index (χ1) is 7.15. The molecule has 1 heterocycles. The van der Waals surface area contributed by atoms with E-state index in [-0.39, 0.29) is 0 Å². The third-order valence-electron chi connectivity index (χ3n) is 1.81. The average molecular weight is 351 g/mol. The van der Waals surface area contributed by atoms with E-state index in [0.29, 0.717) is 15.8 Å². The maximum Gasteiger partial charge on any atom is 0.162 e. The molecule has 0 spiro atoms. The van der Waals surface area contributed by atoms with E-state index >= 15 is 0 Å². The van der Waals surface area contributed by atoms with E-state index in [1.54, 1.807) is 4.80 Å². The number of nitrogens with zero attached hydrogens (tertiary/aromatic N) is 3. The average Bonchev–Trinajstić information content (AvgIpc) is 2.50. The maximum atomic E-state index is 5.79. The van der Waals surface area contributed by atoms with E-state index in [4.69, 9.17) is 11.6 Å². The maximum absolute atomic E-state index is 5.79. The molecule has 0 saturated carbocycles. The van der Waals surface area contributed by atoms with Gasteiger partial charge in [-0.3, -0.25) is 0 Å². The van der Waals surface area contributed by atoms with Gasteiger partial charge in [-0.05, 0) is 49.6 Å². The second-order valence-corrected chi connectivity index (χ2v) is 4.88. The fourth-order valence-electron chi connectivity index (χ4n) is 1.13. The molecule has 0 amide bonds. The summed E-state index contributed by atoms with van der Waals surface area (Å²) >= 11 is 12.3. The van der Waals surface area contributed by atoms with Crippen LogP contribution in [-0.2, 0) is 6.54 Å². The Morgan fingerprint density at radius 3 is 2.13 bits per heavy atom. The third-order valence-corrected chi connectivity index (χ3v) is 3.67. The Bertz CT molecular complexity index is 447. The monoisotopic (exact) mass is 349 g/mol. The quantitative estimate of drug-likeness (QED) is 0.829.